The first kappa shape index (κ1) is 13.8. The molecule has 1 rings (SSSR count). The van der Waals surface area contributed by atoms with Gasteiger partial charge in [0.25, 0.3) is 0 Å². The SMILES string of the molecule is C=C/C(=C\C=C/C)CCC(C)C1=CCCC=C1. The first-order valence-electron chi connectivity index (χ1n) is 6.58. The van der Waals surface area contributed by atoms with Crippen molar-refractivity contribution in [2.24, 2.45) is 5.92 Å². The van der Waals surface area contributed by atoms with Gasteiger partial charge in [0.1, 0.15) is 0 Å². The summed E-state index contributed by atoms with van der Waals surface area (Å²) in [7, 11) is 0. The lowest BCUT2D eigenvalue weighted by atomic mass is 9.90. The average Bonchev–Trinajstić information content (AvgIpc) is 2.39. The zero-order chi connectivity index (χ0) is 12.5. The predicted octanol–water partition coefficient (Wildman–Crippen LogP) is 5.37. The Hall–Kier alpha value is -1.30. The third-order valence-corrected chi connectivity index (χ3v) is 3.22. The fourth-order valence-electron chi connectivity index (χ4n) is 2.02. The minimum Gasteiger partial charge on any atom is -0.0988 e. The summed E-state index contributed by atoms with van der Waals surface area (Å²) in [6.45, 7) is 8.23. The van der Waals surface area contributed by atoms with Crippen LogP contribution in [0.5, 0.6) is 0 Å². The van der Waals surface area contributed by atoms with Crippen molar-refractivity contribution in [1.29, 1.82) is 0 Å². The second kappa shape index (κ2) is 7.89. The normalized spacial score (nSPS) is 18.2. The summed E-state index contributed by atoms with van der Waals surface area (Å²) in [4.78, 5) is 0. The van der Waals surface area contributed by atoms with Gasteiger partial charge in [-0.3, -0.25) is 0 Å². The summed E-state index contributed by atoms with van der Waals surface area (Å²) in [6, 6.07) is 0. The fourth-order valence-corrected chi connectivity index (χ4v) is 2.02. The second-order valence-corrected chi connectivity index (χ2v) is 4.60. The van der Waals surface area contributed by atoms with Crippen LogP contribution in [0, 0.1) is 5.92 Å². The summed E-state index contributed by atoms with van der Waals surface area (Å²) in [6.07, 6.45) is 19.9. The van der Waals surface area contributed by atoms with Crippen molar-refractivity contribution >= 4 is 0 Å². The standard InChI is InChI=1S/C17H24/c1-4-6-10-16(5-2)14-13-15(3)17-11-8-7-9-12-17/h4-6,8,10-12,15H,2,7,9,13-14H2,1,3H3/b6-4-,16-10+. The molecule has 0 saturated carbocycles. The zero-order valence-electron chi connectivity index (χ0n) is 11.2. The summed E-state index contributed by atoms with van der Waals surface area (Å²) in [5.41, 5.74) is 2.83. The molecule has 1 aliphatic carbocycles. The van der Waals surface area contributed by atoms with Crippen molar-refractivity contribution in [3.8, 4) is 0 Å². The minimum absolute atomic E-state index is 0.653. The third-order valence-electron chi connectivity index (χ3n) is 3.22. The molecular weight excluding hydrogens is 204 g/mol. The number of allylic oxidation sites excluding steroid dienone is 9. The lowest BCUT2D eigenvalue weighted by Gasteiger charge is -2.15. The largest absolute Gasteiger partial charge is 0.0988 e. The molecule has 0 spiro atoms. The Labute approximate surface area is 106 Å². The maximum absolute atomic E-state index is 3.87. The average molecular weight is 228 g/mol. The molecule has 0 fully saturated rings. The van der Waals surface area contributed by atoms with Crippen LogP contribution in [0.2, 0.25) is 0 Å². The van der Waals surface area contributed by atoms with Gasteiger partial charge in [0.2, 0.25) is 0 Å². The Morgan fingerprint density at radius 1 is 1.47 bits per heavy atom. The molecule has 0 aromatic heterocycles. The van der Waals surface area contributed by atoms with Crippen LogP contribution >= 0.6 is 0 Å². The highest BCUT2D eigenvalue weighted by Crippen LogP contribution is 2.24. The highest BCUT2D eigenvalue weighted by atomic mass is 14.1. The lowest BCUT2D eigenvalue weighted by Crippen LogP contribution is -2.00. The smallest absolute Gasteiger partial charge is 0.0190 e. The molecule has 0 N–H and O–H groups in total. The third kappa shape index (κ3) is 5.04. The molecule has 0 heteroatoms. The van der Waals surface area contributed by atoms with Gasteiger partial charge in [0.05, 0.1) is 0 Å². The zero-order valence-corrected chi connectivity index (χ0v) is 11.2. The molecular formula is C17H24. The molecule has 1 aliphatic rings. The molecule has 0 amide bonds. The molecule has 0 aromatic rings. The molecule has 0 nitrogen and oxygen atoms in total. The van der Waals surface area contributed by atoms with Gasteiger partial charge in [-0.05, 0) is 49.7 Å². The number of hydrogen-bond acceptors (Lipinski definition) is 0. The van der Waals surface area contributed by atoms with Gasteiger partial charge >= 0.3 is 0 Å². The molecule has 0 bridgehead atoms. The van der Waals surface area contributed by atoms with E-state index in [4.69, 9.17) is 0 Å². The summed E-state index contributed by atoms with van der Waals surface area (Å²) in [5.74, 6) is 0.653. The number of hydrogen-bond donors (Lipinski definition) is 0. The highest BCUT2D eigenvalue weighted by Gasteiger charge is 2.08. The Morgan fingerprint density at radius 2 is 2.29 bits per heavy atom. The Balaban J connectivity index is 2.46. The van der Waals surface area contributed by atoms with E-state index in [0.29, 0.717) is 5.92 Å². The van der Waals surface area contributed by atoms with E-state index in [2.05, 4.69) is 50.0 Å². The monoisotopic (exact) mass is 228 g/mol. The van der Waals surface area contributed by atoms with Crippen molar-refractivity contribution in [1.82, 2.24) is 0 Å². The highest BCUT2D eigenvalue weighted by molar-refractivity contribution is 5.26. The van der Waals surface area contributed by atoms with E-state index in [9.17, 15) is 0 Å². The summed E-state index contributed by atoms with van der Waals surface area (Å²) < 4.78 is 0. The summed E-state index contributed by atoms with van der Waals surface area (Å²) >= 11 is 0. The van der Waals surface area contributed by atoms with Crippen molar-refractivity contribution in [3.63, 3.8) is 0 Å². The molecule has 0 aliphatic heterocycles. The molecule has 0 radical (unpaired) electrons. The molecule has 1 atom stereocenters. The first-order chi connectivity index (χ1) is 8.27. The quantitative estimate of drug-likeness (QED) is 0.536. The maximum atomic E-state index is 3.87. The van der Waals surface area contributed by atoms with Crippen LogP contribution in [0.15, 0.2) is 60.3 Å². The van der Waals surface area contributed by atoms with Crippen LogP contribution in [0.4, 0.5) is 0 Å². The van der Waals surface area contributed by atoms with Gasteiger partial charge in [-0.25, -0.2) is 0 Å². The van der Waals surface area contributed by atoms with Crippen LogP contribution in [0.3, 0.4) is 0 Å². The van der Waals surface area contributed by atoms with Crippen LogP contribution in [0.25, 0.3) is 0 Å². The second-order valence-electron chi connectivity index (χ2n) is 4.60. The van der Waals surface area contributed by atoms with Crippen molar-refractivity contribution in [2.75, 3.05) is 0 Å². The van der Waals surface area contributed by atoms with Crippen molar-refractivity contribution in [2.45, 2.75) is 39.5 Å². The maximum Gasteiger partial charge on any atom is -0.0190 e. The molecule has 1 unspecified atom stereocenters. The molecule has 0 heterocycles. The topological polar surface area (TPSA) is 0 Å². The van der Waals surface area contributed by atoms with Gasteiger partial charge in [0.15, 0.2) is 0 Å². The molecule has 17 heavy (non-hydrogen) atoms. The van der Waals surface area contributed by atoms with E-state index >= 15 is 0 Å². The van der Waals surface area contributed by atoms with Crippen molar-refractivity contribution in [3.05, 3.63) is 60.3 Å². The van der Waals surface area contributed by atoms with Gasteiger partial charge < -0.3 is 0 Å². The van der Waals surface area contributed by atoms with Gasteiger partial charge in [-0.15, -0.1) is 0 Å². The fraction of sp³-hybridized carbons (Fsp3) is 0.412. The van der Waals surface area contributed by atoms with Crippen LogP contribution in [-0.4, -0.2) is 0 Å². The Morgan fingerprint density at radius 3 is 2.88 bits per heavy atom. The predicted molar refractivity (Wildman–Crippen MR) is 77.9 cm³/mol. The van der Waals surface area contributed by atoms with Crippen LogP contribution in [0.1, 0.15) is 39.5 Å². The first-order valence-corrected chi connectivity index (χ1v) is 6.58. The van der Waals surface area contributed by atoms with Crippen LogP contribution < -0.4 is 0 Å². The molecule has 0 saturated heterocycles. The van der Waals surface area contributed by atoms with E-state index in [-0.39, 0.29) is 0 Å². The van der Waals surface area contributed by atoms with E-state index in [1.807, 2.05) is 13.0 Å². The number of rotatable bonds is 6. The van der Waals surface area contributed by atoms with Gasteiger partial charge in [-0.1, -0.05) is 56.0 Å². The molecule has 92 valence electrons. The molecule has 0 aromatic carbocycles. The minimum atomic E-state index is 0.653. The van der Waals surface area contributed by atoms with E-state index in [0.717, 1.165) is 6.42 Å². The van der Waals surface area contributed by atoms with E-state index < -0.39 is 0 Å². The van der Waals surface area contributed by atoms with E-state index in [1.54, 1.807) is 0 Å². The lowest BCUT2D eigenvalue weighted by molar-refractivity contribution is 0.621. The van der Waals surface area contributed by atoms with Gasteiger partial charge in [-0.2, -0.15) is 0 Å². The Kier molecular flexibility index (Phi) is 6.39. The van der Waals surface area contributed by atoms with Crippen LogP contribution in [-0.2, 0) is 0 Å². The van der Waals surface area contributed by atoms with Gasteiger partial charge in [0, 0.05) is 0 Å². The summed E-state index contributed by atoms with van der Waals surface area (Å²) in [5, 5.41) is 0. The Bertz CT molecular complexity index is 350. The van der Waals surface area contributed by atoms with Crippen molar-refractivity contribution < 1.29 is 0 Å². The van der Waals surface area contributed by atoms with E-state index in [1.165, 1.54) is 30.4 Å².